The maximum Gasteiger partial charge on any atom is 0.189 e. The molecule has 0 radical (unpaired) electrons. The third kappa shape index (κ3) is 2.50. The van der Waals surface area contributed by atoms with Gasteiger partial charge in [-0.05, 0) is 41.3 Å². The number of ether oxygens (including phenoxy) is 1. The molecule has 2 nitrogen and oxygen atoms in total. The number of carbonyl (C=O) groups excluding carboxylic acids is 1. The Labute approximate surface area is 118 Å². The first-order chi connectivity index (χ1) is 9.74. The number of fused-ring (bicyclic) bond motifs is 1. The highest BCUT2D eigenvalue weighted by Crippen LogP contribution is 2.28. The fourth-order valence-electron chi connectivity index (χ4n) is 2.43. The van der Waals surface area contributed by atoms with Crippen LogP contribution in [0.1, 0.15) is 22.3 Å². The monoisotopic (exact) mass is 264 g/mol. The highest BCUT2D eigenvalue weighted by Gasteiger charge is 2.23. The Hall–Kier alpha value is -2.35. The summed E-state index contributed by atoms with van der Waals surface area (Å²) in [7, 11) is 0. The van der Waals surface area contributed by atoms with Crippen molar-refractivity contribution in [1.82, 2.24) is 0 Å². The van der Waals surface area contributed by atoms with Gasteiger partial charge >= 0.3 is 0 Å². The lowest BCUT2D eigenvalue weighted by molar-refractivity contribution is 0.104. The molecule has 3 rings (SSSR count). The molecule has 0 aromatic heterocycles. The van der Waals surface area contributed by atoms with Crippen molar-refractivity contribution in [3.63, 3.8) is 0 Å². The second-order valence-electron chi connectivity index (χ2n) is 5.02. The number of hydrogen-bond donors (Lipinski definition) is 0. The van der Waals surface area contributed by atoms with Gasteiger partial charge in [-0.15, -0.1) is 0 Å². The Kier molecular flexibility index (Phi) is 3.38. The minimum Gasteiger partial charge on any atom is -0.489 e. The molecular formula is C18H16O2. The minimum atomic E-state index is 0.0621. The van der Waals surface area contributed by atoms with Crippen LogP contribution in [0.3, 0.4) is 0 Å². The molecule has 0 aliphatic heterocycles. The molecule has 2 aliphatic carbocycles. The van der Waals surface area contributed by atoms with Crippen molar-refractivity contribution < 1.29 is 9.53 Å². The maximum atomic E-state index is 11.8. The maximum absolute atomic E-state index is 11.8. The van der Waals surface area contributed by atoms with Crippen LogP contribution in [-0.2, 0) is 6.42 Å². The standard InChI is InChI=1S/C18H16O2/c1-13-10-15-11-16(8-9-17(15)18(13)19)20-12-14-6-4-2-3-5-7-14/h2-4,6-9,11H,1,5,10,12H2. The Bertz CT molecular complexity index is 660. The summed E-state index contributed by atoms with van der Waals surface area (Å²) in [6, 6.07) is 5.64. The van der Waals surface area contributed by atoms with Crippen LogP contribution in [0.5, 0.6) is 5.75 Å². The molecule has 0 N–H and O–H groups in total. The Morgan fingerprint density at radius 2 is 2.15 bits per heavy atom. The van der Waals surface area contributed by atoms with Gasteiger partial charge in [0.05, 0.1) is 0 Å². The summed E-state index contributed by atoms with van der Waals surface area (Å²) in [5.74, 6) is 0.866. The van der Waals surface area contributed by atoms with Gasteiger partial charge in [-0.25, -0.2) is 0 Å². The van der Waals surface area contributed by atoms with Gasteiger partial charge in [0.15, 0.2) is 5.78 Å². The van der Waals surface area contributed by atoms with Crippen LogP contribution < -0.4 is 4.74 Å². The van der Waals surface area contributed by atoms with Crippen molar-refractivity contribution in [2.75, 3.05) is 6.61 Å². The van der Waals surface area contributed by atoms with Gasteiger partial charge in [0.2, 0.25) is 0 Å². The SMILES string of the molecule is C=C1Cc2cc(OCC3=CCC=CC=C3)ccc2C1=O. The zero-order valence-electron chi connectivity index (χ0n) is 11.3. The van der Waals surface area contributed by atoms with Crippen LogP contribution in [-0.4, -0.2) is 12.4 Å². The third-order valence-corrected chi connectivity index (χ3v) is 3.53. The lowest BCUT2D eigenvalue weighted by Crippen LogP contribution is -2.00. The molecule has 0 spiro atoms. The molecule has 2 heteroatoms. The van der Waals surface area contributed by atoms with Crippen molar-refractivity contribution >= 4 is 5.78 Å². The van der Waals surface area contributed by atoms with Crippen LogP contribution in [0.25, 0.3) is 0 Å². The molecule has 0 heterocycles. The van der Waals surface area contributed by atoms with E-state index < -0.39 is 0 Å². The number of ketones is 1. The number of allylic oxidation sites excluding steroid dienone is 5. The second-order valence-corrected chi connectivity index (χ2v) is 5.02. The summed E-state index contributed by atoms with van der Waals surface area (Å²) in [5, 5.41) is 0. The van der Waals surface area contributed by atoms with E-state index in [4.69, 9.17) is 4.74 Å². The molecule has 1 aromatic rings. The van der Waals surface area contributed by atoms with Crippen molar-refractivity contribution in [3.8, 4) is 5.75 Å². The van der Waals surface area contributed by atoms with Gasteiger partial charge in [0.1, 0.15) is 12.4 Å². The van der Waals surface area contributed by atoms with E-state index in [-0.39, 0.29) is 5.78 Å². The van der Waals surface area contributed by atoms with Crippen LogP contribution in [0, 0.1) is 0 Å². The van der Waals surface area contributed by atoms with E-state index in [1.165, 1.54) is 0 Å². The summed E-state index contributed by atoms with van der Waals surface area (Å²) in [6.45, 7) is 4.34. The third-order valence-electron chi connectivity index (χ3n) is 3.53. The molecule has 0 atom stereocenters. The summed E-state index contributed by atoms with van der Waals surface area (Å²) in [4.78, 5) is 11.8. The van der Waals surface area contributed by atoms with Crippen molar-refractivity contribution in [2.45, 2.75) is 12.8 Å². The molecule has 20 heavy (non-hydrogen) atoms. The Morgan fingerprint density at radius 3 is 3.05 bits per heavy atom. The lowest BCUT2D eigenvalue weighted by atomic mass is 10.1. The van der Waals surface area contributed by atoms with Crippen LogP contribution in [0.4, 0.5) is 0 Å². The lowest BCUT2D eigenvalue weighted by Gasteiger charge is -2.08. The summed E-state index contributed by atoms with van der Waals surface area (Å²) >= 11 is 0. The summed E-state index contributed by atoms with van der Waals surface area (Å²) < 4.78 is 5.81. The molecular weight excluding hydrogens is 248 g/mol. The second kappa shape index (κ2) is 5.33. The highest BCUT2D eigenvalue weighted by molar-refractivity contribution is 6.12. The predicted octanol–water partition coefficient (Wildman–Crippen LogP) is 3.80. The van der Waals surface area contributed by atoms with Gasteiger partial charge < -0.3 is 4.74 Å². The number of rotatable bonds is 3. The van der Waals surface area contributed by atoms with Crippen LogP contribution in [0.2, 0.25) is 0 Å². The predicted molar refractivity (Wildman–Crippen MR) is 80.1 cm³/mol. The number of carbonyl (C=O) groups is 1. The number of Topliss-reactive ketones (excluding diaryl/α,β-unsaturated/α-hetero) is 1. The van der Waals surface area contributed by atoms with Crippen molar-refractivity contribution in [2.24, 2.45) is 0 Å². The smallest absolute Gasteiger partial charge is 0.189 e. The van der Waals surface area contributed by atoms with Gasteiger partial charge in [-0.2, -0.15) is 0 Å². The van der Waals surface area contributed by atoms with Gasteiger partial charge in [-0.1, -0.05) is 37.0 Å². The first kappa shape index (κ1) is 12.7. The van der Waals surface area contributed by atoms with E-state index in [1.54, 1.807) is 0 Å². The molecule has 100 valence electrons. The molecule has 0 saturated heterocycles. The van der Waals surface area contributed by atoms with Crippen LogP contribution in [0.15, 0.2) is 66.3 Å². The van der Waals surface area contributed by atoms with E-state index in [2.05, 4.69) is 24.8 Å². The molecule has 0 fully saturated rings. The fraction of sp³-hybridized carbons (Fsp3) is 0.167. The normalized spacial score (nSPS) is 16.9. The first-order valence-electron chi connectivity index (χ1n) is 6.74. The fourth-order valence-corrected chi connectivity index (χ4v) is 2.43. The molecule has 1 aromatic carbocycles. The van der Waals surface area contributed by atoms with Crippen molar-refractivity contribution in [3.05, 3.63) is 77.4 Å². The van der Waals surface area contributed by atoms with Gasteiger partial charge in [-0.3, -0.25) is 4.79 Å². The zero-order chi connectivity index (χ0) is 13.9. The van der Waals surface area contributed by atoms with E-state index in [9.17, 15) is 4.79 Å². The summed E-state index contributed by atoms with van der Waals surface area (Å²) in [5.41, 5.74) is 3.61. The molecule has 0 saturated carbocycles. The summed E-state index contributed by atoms with van der Waals surface area (Å²) in [6.07, 6.45) is 11.9. The van der Waals surface area contributed by atoms with E-state index in [0.29, 0.717) is 18.6 Å². The number of hydrogen-bond acceptors (Lipinski definition) is 2. The topological polar surface area (TPSA) is 26.3 Å². The average Bonchev–Trinajstić information content (AvgIpc) is 2.65. The largest absolute Gasteiger partial charge is 0.489 e. The zero-order valence-corrected chi connectivity index (χ0v) is 11.3. The van der Waals surface area contributed by atoms with Crippen molar-refractivity contribution in [1.29, 1.82) is 0 Å². The molecule has 0 amide bonds. The van der Waals surface area contributed by atoms with E-state index >= 15 is 0 Å². The van der Waals surface area contributed by atoms with E-state index in [0.717, 1.165) is 28.9 Å². The molecule has 0 bridgehead atoms. The quantitative estimate of drug-likeness (QED) is 0.776. The molecule has 2 aliphatic rings. The first-order valence-corrected chi connectivity index (χ1v) is 6.74. The average molecular weight is 264 g/mol. The van der Waals surface area contributed by atoms with E-state index in [1.807, 2.05) is 30.4 Å². The van der Waals surface area contributed by atoms with Crippen LogP contribution >= 0.6 is 0 Å². The highest BCUT2D eigenvalue weighted by atomic mass is 16.5. The van der Waals surface area contributed by atoms with Gasteiger partial charge in [0, 0.05) is 12.0 Å². The minimum absolute atomic E-state index is 0.0621. The van der Waals surface area contributed by atoms with Gasteiger partial charge in [0.25, 0.3) is 0 Å². The Morgan fingerprint density at radius 1 is 1.25 bits per heavy atom. The molecule has 0 unspecified atom stereocenters. The Balaban J connectivity index is 1.71. The number of benzene rings is 1.